The molecule has 35 heavy (non-hydrogen) atoms. The van der Waals surface area contributed by atoms with Gasteiger partial charge in [-0.05, 0) is 56.0 Å². The minimum Gasteiger partial charge on any atom is -0.490 e. The van der Waals surface area contributed by atoms with Crippen LogP contribution in [0.3, 0.4) is 0 Å². The highest BCUT2D eigenvalue weighted by atomic mass is 32.1. The molecule has 0 aliphatic carbocycles. The van der Waals surface area contributed by atoms with Crippen molar-refractivity contribution >= 4 is 34.7 Å². The standard InChI is InChI=1S/C26H26N2O5S2/c1-5-12-33-19-11-10-17(14-20(19)31-6-2)23-22(25(30)32-7-3)16(4)27-26-28(23)24(29)21(35-26)15-18-9-8-13-34-18/h5,8-11,13-15,23H,1,6-7,12H2,2-4H3/b21-15+/t23-/m1/s1. The Morgan fingerprint density at radius 1 is 1.20 bits per heavy atom. The predicted molar refractivity (Wildman–Crippen MR) is 138 cm³/mol. The molecule has 7 nitrogen and oxygen atoms in total. The van der Waals surface area contributed by atoms with Gasteiger partial charge in [0.25, 0.3) is 5.56 Å². The van der Waals surface area contributed by atoms with Gasteiger partial charge >= 0.3 is 5.97 Å². The van der Waals surface area contributed by atoms with Crippen LogP contribution in [0.1, 0.15) is 37.3 Å². The Morgan fingerprint density at radius 3 is 2.71 bits per heavy atom. The van der Waals surface area contributed by atoms with Gasteiger partial charge in [-0.1, -0.05) is 36.1 Å². The molecule has 1 atom stereocenters. The van der Waals surface area contributed by atoms with Gasteiger partial charge in [-0.25, -0.2) is 9.79 Å². The smallest absolute Gasteiger partial charge is 0.338 e. The van der Waals surface area contributed by atoms with Crippen LogP contribution < -0.4 is 24.4 Å². The van der Waals surface area contributed by atoms with Gasteiger partial charge in [0.2, 0.25) is 0 Å². The van der Waals surface area contributed by atoms with E-state index in [0.29, 0.717) is 50.9 Å². The number of thiophene rings is 1. The second-order valence-corrected chi connectivity index (χ2v) is 9.54. The lowest BCUT2D eigenvalue weighted by Crippen LogP contribution is -2.39. The van der Waals surface area contributed by atoms with Crippen molar-refractivity contribution in [3.8, 4) is 11.5 Å². The molecular formula is C26H26N2O5S2. The van der Waals surface area contributed by atoms with Crippen molar-refractivity contribution in [3.05, 3.63) is 89.8 Å². The molecule has 0 fully saturated rings. The molecule has 0 saturated carbocycles. The van der Waals surface area contributed by atoms with Crippen molar-refractivity contribution in [3.63, 3.8) is 0 Å². The summed E-state index contributed by atoms with van der Waals surface area (Å²) in [6.45, 7) is 10.0. The molecule has 0 unspecified atom stereocenters. The lowest BCUT2D eigenvalue weighted by molar-refractivity contribution is -0.139. The van der Waals surface area contributed by atoms with E-state index in [1.165, 1.54) is 11.3 Å². The average Bonchev–Trinajstić information content (AvgIpc) is 3.45. The van der Waals surface area contributed by atoms with E-state index < -0.39 is 12.0 Å². The lowest BCUT2D eigenvalue weighted by atomic mass is 9.95. The van der Waals surface area contributed by atoms with E-state index in [0.717, 1.165) is 4.88 Å². The van der Waals surface area contributed by atoms with Crippen LogP contribution in [-0.4, -0.2) is 30.4 Å². The first-order chi connectivity index (χ1) is 17.0. The number of rotatable bonds is 9. The van der Waals surface area contributed by atoms with Crippen LogP contribution in [0.5, 0.6) is 11.5 Å². The van der Waals surface area contributed by atoms with Gasteiger partial charge in [-0.3, -0.25) is 9.36 Å². The summed E-state index contributed by atoms with van der Waals surface area (Å²) in [4.78, 5) is 32.8. The second-order valence-electron chi connectivity index (χ2n) is 7.56. The zero-order chi connectivity index (χ0) is 24.9. The van der Waals surface area contributed by atoms with Crippen molar-refractivity contribution in [1.82, 2.24) is 4.57 Å². The second kappa shape index (κ2) is 10.9. The summed E-state index contributed by atoms with van der Waals surface area (Å²) in [5, 5.41) is 1.96. The van der Waals surface area contributed by atoms with Crippen molar-refractivity contribution in [2.24, 2.45) is 4.99 Å². The summed E-state index contributed by atoms with van der Waals surface area (Å²) in [7, 11) is 0. The normalized spacial score (nSPS) is 15.4. The summed E-state index contributed by atoms with van der Waals surface area (Å²) in [5.41, 5.74) is 1.32. The highest BCUT2D eigenvalue weighted by molar-refractivity contribution is 7.11. The molecule has 3 heterocycles. The molecule has 182 valence electrons. The maximum absolute atomic E-state index is 13.6. The van der Waals surface area contributed by atoms with Crippen LogP contribution in [0, 0.1) is 0 Å². The summed E-state index contributed by atoms with van der Waals surface area (Å²) >= 11 is 2.85. The summed E-state index contributed by atoms with van der Waals surface area (Å²) < 4.78 is 19.0. The van der Waals surface area contributed by atoms with E-state index in [1.807, 2.05) is 36.6 Å². The number of esters is 1. The van der Waals surface area contributed by atoms with E-state index in [2.05, 4.69) is 11.6 Å². The molecular weight excluding hydrogens is 484 g/mol. The number of hydrogen-bond acceptors (Lipinski definition) is 8. The molecule has 3 aromatic rings. The third-order valence-electron chi connectivity index (χ3n) is 5.27. The first kappa shape index (κ1) is 24.7. The number of nitrogens with zero attached hydrogens (tertiary/aromatic N) is 2. The van der Waals surface area contributed by atoms with Crippen molar-refractivity contribution < 1.29 is 19.0 Å². The molecule has 4 rings (SSSR count). The van der Waals surface area contributed by atoms with Crippen LogP contribution in [0.4, 0.5) is 0 Å². The number of thiazole rings is 1. The van der Waals surface area contributed by atoms with Gasteiger partial charge < -0.3 is 14.2 Å². The predicted octanol–water partition coefficient (Wildman–Crippen LogP) is 3.82. The summed E-state index contributed by atoms with van der Waals surface area (Å²) in [6.07, 6.45) is 3.51. The van der Waals surface area contributed by atoms with E-state index in [1.54, 1.807) is 48.0 Å². The fourth-order valence-electron chi connectivity index (χ4n) is 3.84. The fraction of sp³-hybridized carbons (Fsp3) is 0.269. The van der Waals surface area contributed by atoms with Gasteiger partial charge in [0.1, 0.15) is 6.61 Å². The SMILES string of the molecule is C=CCOc1ccc([C@@H]2C(C(=O)OCC)=C(C)N=c3s/c(=C/c4cccs4)c(=O)n32)cc1OCC. The Labute approximate surface area is 210 Å². The molecule has 0 saturated heterocycles. The molecule has 0 amide bonds. The highest BCUT2D eigenvalue weighted by Gasteiger charge is 2.34. The molecule has 0 spiro atoms. The lowest BCUT2D eigenvalue weighted by Gasteiger charge is -2.25. The molecule has 0 bridgehead atoms. The van der Waals surface area contributed by atoms with Gasteiger partial charge in [-0.2, -0.15) is 0 Å². The molecule has 9 heteroatoms. The first-order valence-electron chi connectivity index (χ1n) is 11.2. The molecule has 2 aromatic heterocycles. The van der Waals surface area contributed by atoms with Gasteiger partial charge in [0.05, 0.1) is 35.1 Å². The third kappa shape index (κ3) is 5.01. The first-order valence-corrected chi connectivity index (χ1v) is 12.9. The van der Waals surface area contributed by atoms with Crippen LogP contribution in [-0.2, 0) is 9.53 Å². The monoisotopic (exact) mass is 510 g/mol. The maximum atomic E-state index is 13.6. The number of ether oxygens (including phenoxy) is 3. The zero-order valence-corrected chi connectivity index (χ0v) is 21.4. The zero-order valence-electron chi connectivity index (χ0n) is 19.8. The Bertz CT molecular complexity index is 1450. The molecule has 0 N–H and O–H groups in total. The van der Waals surface area contributed by atoms with Crippen LogP contribution in [0.25, 0.3) is 6.08 Å². The van der Waals surface area contributed by atoms with Gasteiger partial charge in [-0.15, -0.1) is 11.3 Å². The van der Waals surface area contributed by atoms with E-state index in [-0.39, 0.29) is 12.2 Å². The largest absolute Gasteiger partial charge is 0.490 e. The minimum absolute atomic E-state index is 0.212. The fourth-order valence-corrected chi connectivity index (χ4v) is 5.61. The quantitative estimate of drug-likeness (QED) is 0.323. The highest BCUT2D eigenvalue weighted by Crippen LogP contribution is 2.36. The number of benzene rings is 1. The van der Waals surface area contributed by atoms with Crippen LogP contribution in [0.2, 0.25) is 0 Å². The van der Waals surface area contributed by atoms with E-state index in [4.69, 9.17) is 14.2 Å². The van der Waals surface area contributed by atoms with Gasteiger partial charge in [0, 0.05) is 4.88 Å². The maximum Gasteiger partial charge on any atom is 0.338 e. The van der Waals surface area contributed by atoms with E-state index >= 15 is 0 Å². The number of aromatic nitrogens is 1. The Kier molecular flexibility index (Phi) is 7.67. The number of hydrogen-bond donors (Lipinski definition) is 0. The molecule has 1 aromatic carbocycles. The topological polar surface area (TPSA) is 79.1 Å². The Hall–Kier alpha value is -3.43. The molecule has 1 aliphatic rings. The van der Waals surface area contributed by atoms with Crippen LogP contribution in [0.15, 0.2) is 69.4 Å². The third-order valence-corrected chi connectivity index (χ3v) is 7.08. The average molecular weight is 511 g/mol. The number of fused-ring (bicyclic) bond motifs is 1. The number of carbonyl (C=O) groups is 1. The van der Waals surface area contributed by atoms with Crippen molar-refractivity contribution in [2.75, 3.05) is 19.8 Å². The van der Waals surface area contributed by atoms with Crippen molar-refractivity contribution in [1.29, 1.82) is 0 Å². The Balaban J connectivity index is 1.93. The minimum atomic E-state index is -0.719. The van der Waals surface area contributed by atoms with Gasteiger partial charge in [0.15, 0.2) is 16.3 Å². The number of allylic oxidation sites excluding steroid dienone is 1. The van der Waals surface area contributed by atoms with Crippen molar-refractivity contribution in [2.45, 2.75) is 26.8 Å². The Morgan fingerprint density at radius 2 is 2.03 bits per heavy atom. The molecule has 1 aliphatic heterocycles. The van der Waals surface area contributed by atoms with E-state index in [9.17, 15) is 9.59 Å². The van der Waals surface area contributed by atoms with Crippen LogP contribution >= 0.6 is 22.7 Å². The number of carbonyl (C=O) groups excluding carboxylic acids is 1. The summed E-state index contributed by atoms with van der Waals surface area (Å²) in [6, 6.07) is 8.59. The molecule has 0 radical (unpaired) electrons. The summed E-state index contributed by atoms with van der Waals surface area (Å²) in [5.74, 6) is 0.570.